The van der Waals surface area contributed by atoms with Crippen molar-refractivity contribution in [2.24, 2.45) is 0 Å². The van der Waals surface area contributed by atoms with Crippen LogP contribution in [0.2, 0.25) is 0 Å². The van der Waals surface area contributed by atoms with Gasteiger partial charge < -0.3 is 4.74 Å². The van der Waals surface area contributed by atoms with Gasteiger partial charge in [-0.2, -0.15) is 20.6 Å². The highest BCUT2D eigenvalue weighted by Crippen LogP contribution is 2.41. The second-order valence-corrected chi connectivity index (χ2v) is 8.74. The molecule has 10 heteroatoms. The summed E-state index contributed by atoms with van der Waals surface area (Å²) in [6.07, 6.45) is 5.52. The Hall–Kier alpha value is -4.91. The summed E-state index contributed by atoms with van der Waals surface area (Å²) in [6.45, 7) is 3.36. The summed E-state index contributed by atoms with van der Waals surface area (Å²) < 4.78 is 9.15. The predicted octanol–water partition coefficient (Wildman–Crippen LogP) is 4.42. The van der Waals surface area contributed by atoms with E-state index in [1.807, 2.05) is 25.1 Å². The molecule has 1 aliphatic rings. The first-order valence-corrected chi connectivity index (χ1v) is 11.5. The van der Waals surface area contributed by atoms with E-state index >= 15 is 0 Å². The lowest BCUT2D eigenvalue weighted by atomic mass is 10.1. The first-order chi connectivity index (χ1) is 17.5. The fourth-order valence-corrected chi connectivity index (χ4v) is 4.11. The molecule has 0 spiro atoms. The Balaban J connectivity index is 1.41. The summed E-state index contributed by atoms with van der Waals surface area (Å²) >= 11 is 0. The zero-order chi connectivity index (χ0) is 24.8. The van der Waals surface area contributed by atoms with Crippen molar-refractivity contribution in [3.63, 3.8) is 0 Å². The fraction of sp³-hybridized carbons (Fsp3) is 0.192. The number of nitriles is 1. The Morgan fingerprint density at radius 3 is 2.72 bits per heavy atom. The zero-order valence-electron chi connectivity index (χ0n) is 19.6. The number of hydrogen-bond acceptors (Lipinski definition) is 8. The van der Waals surface area contributed by atoms with Crippen molar-refractivity contribution in [3.05, 3.63) is 77.5 Å². The smallest absolute Gasteiger partial charge is 0.238 e. The molecule has 1 saturated carbocycles. The molecule has 1 aliphatic carbocycles. The average molecular weight is 477 g/mol. The van der Waals surface area contributed by atoms with E-state index in [-0.39, 0.29) is 5.78 Å². The molecular weight excluding hydrogens is 456 g/mol. The number of hydrogen-bond donors (Lipinski definition) is 0. The third-order valence-corrected chi connectivity index (χ3v) is 6.06. The van der Waals surface area contributed by atoms with Gasteiger partial charge in [0.05, 0.1) is 40.6 Å². The van der Waals surface area contributed by atoms with Crippen molar-refractivity contribution in [1.82, 2.24) is 34.6 Å². The first kappa shape index (κ1) is 21.6. The topological polar surface area (TPSA) is 124 Å². The maximum atomic E-state index is 12.4. The standard InChI is InChI=1S/C26H20N8O2/c1-15-3-10-25(31-30-15)36-19-6-9-23-21(13-28-33(23)14-19)22-8-7-20(16(2)35)26(29-22)34-24(17-4-5-17)11-18(12-27)32-34/h3,6-11,13-14,17H,4-5H2,1-2H3. The molecule has 0 aromatic carbocycles. The molecule has 36 heavy (non-hydrogen) atoms. The molecule has 0 radical (unpaired) electrons. The molecule has 0 aliphatic heterocycles. The lowest BCUT2D eigenvalue weighted by molar-refractivity contribution is 0.101. The van der Waals surface area contributed by atoms with Crippen molar-refractivity contribution in [2.75, 3.05) is 0 Å². The van der Waals surface area contributed by atoms with Crippen LogP contribution in [0.15, 0.2) is 54.9 Å². The molecular formula is C26H20N8O2. The minimum absolute atomic E-state index is 0.124. The number of aryl methyl sites for hydroxylation is 1. The van der Waals surface area contributed by atoms with Crippen LogP contribution in [-0.4, -0.2) is 40.4 Å². The number of fused-ring (bicyclic) bond motifs is 1. The van der Waals surface area contributed by atoms with E-state index in [0.717, 1.165) is 35.3 Å². The lowest BCUT2D eigenvalue weighted by Crippen LogP contribution is -2.10. The molecule has 0 saturated heterocycles. The van der Waals surface area contributed by atoms with Gasteiger partial charge in [-0.05, 0) is 63.1 Å². The molecule has 5 aromatic heterocycles. The number of carbonyl (C=O) groups excluding carboxylic acids is 1. The third-order valence-electron chi connectivity index (χ3n) is 6.06. The highest BCUT2D eigenvalue weighted by Gasteiger charge is 2.30. The molecule has 0 atom stereocenters. The number of rotatable bonds is 6. The molecule has 0 N–H and O–H groups in total. The molecule has 10 nitrogen and oxygen atoms in total. The van der Waals surface area contributed by atoms with Crippen LogP contribution in [-0.2, 0) is 0 Å². The van der Waals surface area contributed by atoms with Crippen LogP contribution in [0.1, 0.15) is 53.1 Å². The molecule has 5 heterocycles. The van der Waals surface area contributed by atoms with E-state index in [2.05, 4.69) is 26.5 Å². The molecule has 1 fully saturated rings. The second kappa shape index (κ2) is 8.39. The zero-order valence-corrected chi connectivity index (χ0v) is 19.6. The maximum absolute atomic E-state index is 12.4. The van der Waals surface area contributed by atoms with Gasteiger partial charge in [-0.25, -0.2) is 14.2 Å². The molecule has 0 unspecified atom stereocenters. The van der Waals surface area contributed by atoms with Crippen molar-refractivity contribution in [3.8, 4) is 34.8 Å². The monoisotopic (exact) mass is 476 g/mol. The van der Waals surface area contributed by atoms with Crippen LogP contribution in [0, 0.1) is 18.3 Å². The lowest BCUT2D eigenvalue weighted by Gasteiger charge is -2.11. The van der Waals surface area contributed by atoms with Crippen molar-refractivity contribution >= 4 is 11.3 Å². The van der Waals surface area contributed by atoms with Crippen LogP contribution in [0.3, 0.4) is 0 Å². The van der Waals surface area contributed by atoms with E-state index in [1.165, 1.54) is 6.92 Å². The Morgan fingerprint density at radius 2 is 2.00 bits per heavy atom. The van der Waals surface area contributed by atoms with E-state index in [0.29, 0.717) is 40.3 Å². The van der Waals surface area contributed by atoms with Crippen LogP contribution in [0.4, 0.5) is 0 Å². The second-order valence-electron chi connectivity index (χ2n) is 8.74. The number of ether oxygens (including phenoxy) is 1. The number of carbonyl (C=O) groups is 1. The fourth-order valence-electron chi connectivity index (χ4n) is 4.11. The molecule has 0 bridgehead atoms. The Bertz CT molecular complexity index is 1670. The van der Waals surface area contributed by atoms with Crippen molar-refractivity contribution < 1.29 is 9.53 Å². The van der Waals surface area contributed by atoms with E-state index in [9.17, 15) is 10.1 Å². The maximum Gasteiger partial charge on any atom is 0.238 e. The number of pyridine rings is 2. The summed E-state index contributed by atoms with van der Waals surface area (Å²) in [4.78, 5) is 17.3. The van der Waals surface area contributed by atoms with Gasteiger partial charge in [0, 0.05) is 17.5 Å². The van der Waals surface area contributed by atoms with Crippen molar-refractivity contribution in [1.29, 1.82) is 5.26 Å². The quantitative estimate of drug-likeness (QED) is 0.330. The predicted molar refractivity (Wildman–Crippen MR) is 129 cm³/mol. The van der Waals surface area contributed by atoms with Crippen LogP contribution in [0.25, 0.3) is 22.6 Å². The molecule has 5 aromatic rings. The number of nitrogens with zero attached hydrogens (tertiary/aromatic N) is 8. The highest BCUT2D eigenvalue weighted by molar-refractivity contribution is 5.97. The van der Waals surface area contributed by atoms with Gasteiger partial charge in [-0.3, -0.25) is 4.79 Å². The van der Waals surface area contributed by atoms with Gasteiger partial charge >= 0.3 is 0 Å². The van der Waals surface area contributed by atoms with E-state index in [1.54, 1.807) is 45.9 Å². The SMILES string of the molecule is CC(=O)c1ccc(-c2cnn3cc(Oc4ccc(C)nn4)ccc23)nc1-n1nc(C#N)cc1C1CC1. The van der Waals surface area contributed by atoms with Gasteiger partial charge in [-0.1, -0.05) is 0 Å². The van der Waals surface area contributed by atoms with Crippen LogP contribution < -0.4 is 4.74 Å². The summed E-state index contributed by atoms with van der Waals surface area (Å²) in [5, 5.41) is 26.4. The van der Waals surface area contributed by atoms with Gasteiger partial charge in [0.1, 0.15) is 11.8 Å². The van der Waals surface area contributed by atoms with Gasteiger partial charge in [0.15, 0.2) is 17.3 Å². The Kier molecular flexibility index (Phi) is 5.04. The number of Topliss-reactive ketones (excluding diaryl/α,β-unsaturated/α-hetero) is 1. The summed E-state index contributed by atoms with van der Waals surface area (Å²) in [7, 11) is 0. The molecule has 6 rings (SSSR count). The Morgan fingerprint density at radius 1 is 1.14 bits per heavy atom. The molecule has 176 valence electrons. The number of aromatic nitrogens is 7. The normalized spacial score (nSPS) is 13.0. The summed E-state index contributed by atoms with van der Waals surface area (Å²) in [5.74, 6) is 1.56. The highest BCUT2D eigenvalue weighted by atomic mass is 16.5. The van der Waals surface area contributed by atoms with Gasteiger partial charge in [-0.15, -0.1) is 5.10 Å². The average Bonchev–Trinajstić information content (AvgIpc) is 3.50. The first-order valence-electron chi connectivity index (χ1n) is 11.5. The van der Waals surface area contributed by atoms with Gasteiger partial charge in [0.2, 0.25) is 5.88 Å². The van der Waals surface area contributed by atoms with Crippen LogP contribution in [0.5, 0.6) is 11.6 Å². The minimum atomic E-state index is -0.124. The van der Waals surface area contributed by atoms with Crippen LogP contribution >= 0.6 is 0 Å². The summed E-state index contributed by atoms with van der Waals surface area (Å²) in [5.41, 5.74) is 4.69. The Labute approximate surface area is 205 Å². The summed E-state index contributed by atoms with van der Waals surface area (Å²) in [6, 6.07) is 14.7. The minimum Gasteiger partial charge on any atom is -0.436 e. The van der Waals surface area contributed by atoms with Crippen molar-refractivity contribution in [2.45, 2.75) is 32.6 Å². The van der Waals surface area contributed by atoms with Gasteiger partial charge in [0.25, 0.3) is 0 Å². The molecule has 0 amide bonds. The number of ketones is 1. The third kappa shape index (κ3) is 3.86. The van der Waals surface area contributed by atoms with E-state index in [4.69, 9.17) is 9.72 Å². The largest absolute Gasteiger partial charge is 0.436 e. The van der Waals surface area contributed by atoms with E-state index < -0.39 is 0 Å².